The number of hydrogen-bond acceptors (Lipinski definition) is 0. The van der Waals surface area contributed by atoms with Crippen molar-refractivity contribution in [3.05, 3.63) is 95.8 Å². The molecule has 29 heavy (non-hydrogen) atoms. The SMILES string of the molecule is C[N+]1=C(C=Cc2ccccc2)C(C)(CC(F)=C(F)F)c2c1ccc1ccccc21. The van der Waals surface area contributed by atoms with Crippen LogP contribution >= 0.6 is 0 Å². The lowest BCUT2D eigenvalue weighted by Crippen LogP contribution is -2.31. The highest BCUT2D eigenvalue weighted by atomic mass is 19.3. The van der Waals surface area contributed by atoms with Crippen LogP contribution in [0.15, 0.2) is 84.7 Å². The van der Waals surface area contributed by atoms with E-state index >= 15 is 0 Å². The van der Waals surface area contributed by atoms with Crippen LogP contribution in [0.1, 0.15) is 24.5 Å². The van der Waals surface area contributed by atoms with Crippen LogP contribution in [-0.4, -0.2) is 17.3 Å². The van der Waals surface area contributed by atoms with Gasteiger partial charge in [0.1, 0.15) is 7.05 Å². The van der Waals surface area contributed by atoms with Crippen LogP contribution in [0, 0.1) is 0 Å². The predicted octanol–water partition coefficient (Wildman–Crippen LogP) is 7.01. The highest BCUT2D eigenvalue weighted by Gasteiger charge is 2.48. The molecule has 0 bridgehead atoms. The summed E-state index contributed by atoms with van der Waals surface area (Å²) in [5, 5.41) is 1.96. The second-order valence-electron chi connectivity index (χ2n) is 7.54. The molecule has 0 fully saturated rings. The number of benzene rings is 3. The number of halogens is 3. The second kappa shape index (κ2) is 7.36. The van der Waals surface area contributed by atoms with Gasteiger partial charge in [0.2, 0.25) is 5.69 Å². The zero-order chi connectivity index (χ0) is 20.6. The topological polar surface area (TPSA) is 3.01 Å². The van der Waals surface area contributed by atoms with E-state index in [1.54, 1.807) is 0 Å². The first-order valence-electron chi connectivity index (χ1n) is 9.48. The standard InChI is InChI=1S/C25H21F3N/c1-25(16-20(26)24(27)28)22(15-12-17-8-4-3-5-9-17)29(2)21-14-13-18-10-6-7-11-19(18)23(21)25/h3-15H,16H2,1-2H3/q+1. The van der Waals surface area contributed by atoms with Gasteiger partial charge in [-0.3, -0.25) is 0 Å². The van der Waals surface area contributed by atoms with Crippen molar-refractivity contribution >= 4 is 28.2 Å². The Hall–Kier alpha value is -3.14. The molecular weight excluding hydrogens is 371 g/mol. The molecule has 3 aromatic carbocycles. The highest BCUT2D eigenvalue weighted by molar-refractivity contribution is 6.09. The van der Waals surface area contributed by atoms with Crippen LogP contribution in [0.4, 0.5) is 18.9 Å². The maximum atomic E-state index is 14.3. The molecular formula is C25H21F3N+. The number of rotatable bonds is 4. The Morgan fingerprint density at radius 2 is 1.59 bits per heavy atom. The van der Waals surface area contributed by atoms with Gasteiger partial charge in [-0.1, -0.05) is 54.6 Å². The van der Waals surface area contributed by atoms with Gasteiger partial charge in [0.05, 0.1) is 5.41 Å². The first-order chi connectivity index (χ1) is 13.9. The summed E-state index contributed by atoms with van der Waals surface area (Å²) in [5.74, 6) is -1.37. The van der Waals surface area contributed by atoms with Gasteiger partial charge in [-0.15, -0.1) is 0 Å². The van der Waals surface area contributed by atoms with Gasteiger partial charge in [-0.05, 0) is 35.4 Å². The number of fused-ring (bicyclic) bond motifs is 3. The molecule has 1 heterocycles. The molecule has 0 saturated heterocycles. The van der Waals surface area contributed by atoms with E-state index in [4.69, 9.17) is 0 Å². The maximum absolute atomic E-state index is 14.3. The molecule has 0 aliphatic carbocycles. The van der Waals surface area contributed by atoms with E-state index < -0.39 is 23.7 Å². The van der Waals surface area contributed by atoms with E-state index in [2.05, 4.69) is 0 Å². The highest BCUT2D eigenvalue weighted by Crippen LogP contribution is 2.47. The molecule has 1 unspecified atom stereocenters. The van der Waals surface area contributed by atoms with Gasteiger partial charge in [0.25, 0.3) is 0 Å². The lowest BCUT2D eigenvalue weighted by molar-refractivity contribution is -0.401. The fraction of sp³-hybridized carbons (Fsp3) is 0.160. The van der Waals surface area contributed by atoms with Crippen molar-refractivity contribution < 1.29 is 17.7 Å². The molecule has 1 aliphatic heterocycles. The van der Waals surface area contributed by atoms with E-state index in [0.29, 0.717) is 0 Å². The minimum absolute atomic E-state index is 0.394. The van der Waals surface area contributed by atoms with Crippen LogP contribution in [0.3, 0.4) is 0 Å². The van der Waals surface area contributed by atoms with Crippen molar-refractivity contribution in [3.63, 3.8) is 0 Å². The van der Waals surface area contributed by atoms with E-state index in [9.17, 15) is 13.2 Å². The molecule has 4 heteroatoms. The summed E-state index contributed by atoms with van der Waals surface area (Å²) in [6, 6.07) is 21.5. The van der Waals surface area contributed by atoms with E-state index in [-0.39, 0.29) is 0 Å². The molecule has 0 saturated carbocycles. The number of hydrogen-bond donors (Lipinski definition) is 0. The summed E-state index contributed by atoms with van der Waals surface area (Å²) in [6.45, 7) is 1.84. The summed E-state index contributed by atoms with van der Waals surface area (Å²) < 4.78 is 42.4. The Labute approximate surface area is 168 Å². The third kappa shape index (κ3) is 3.29. The third-order valence-corrected chi connectivity index (χ3v) is 5.69. The Balaban J connectivity index is 1.93. The van der Waals surface area contributed by atoms with Crippen molar-refractivity contribution in [2.45, 2.75) is 18.8 Å². The monoisotopic (exact) mass is 392 g/mol. The Kier molecular flexibility index (Phi) is 4.87. The molecule has 0 aromatic heterocycles. The first kappa shape index (κ1) is 19.2. The molecule has 3 aromatic rings. The molecule has 1 atom stereocenters. The van der Waals surface area contributed by atoms with E-state index in [1.807, 2.05) is 97.4 Å². The van der Waals surface area contributed by atoms with Gasteiger partial charge >= 0.3 is 6.08 Å². The number of nitrogens with zero attached hydrogens (tertiary/aromatic N) is 1. The third-order valence-electron chi connectivity index (χ3n) is 5.69. The van der Waals surface area contributed by atoms with Gasteiger partial charge in [-0.2, -0.15) is 13.4 Å². The minimum atomic E-state index is -2.26. The fourth-order valence-corrected chi connectivity index (χ4v) is 4.34. The maximum Gasteiger partial charge on any atom is 0.301 e. The first-order valence-corrected chi connectivity index (χ1v) is 9.48. The molecule has 0 radical (unpaired) electrons. The van der Waals surface area contributed by atoms with Gasteiger partial charge in [0.15, 0.2) is 11.5 Å². The van der Waals surface area contributed by atoms with E-state index in [1.165, 1.54) is 0 Å². The van der Waals surface area contributed by atoms with Crippen molar-refractivity contribution in [2.75, 3.05) is 7.05 Å². The summed E-state index contributed by atoms with van der Waals surface area (Å²) in [4.78, 5) is 0. The van der Waals surface area contributed by atoms with E-state index in [0.717, 1.165) is 33.3 Å². The zero-order valence-corrected chi connectivity index (χ0v) is 16.3. The molecule has 0 spiro atoms. The molecule has 4 rings (SSSR count). The molecule has 0 N–H and O–H groups in total. The molecule has 146 valence electrons. The smallest absolute Gasteiger partial charge is 0.206 e. The van der Waals surface area contributed by atoms with Gasteiger partial charge in [0, 0.05) is 24.1 Å². The summed E-state index contributed by atoms with van der Waals surface area (Å²) in [6.07, 6.45) is 1.20. The average molecular weight is 392 g/mol. The zero-order valence-electron chi connectivity index (χ0n) is 16.3. The van der Waals surface area contributed by atoms with Crippen molar-refractivity contribution in [3.8, 4) is 0 Å². The largest absolute Gasteiger partial charge is 0.301 e. The average Bonchev–Trinajstić information content (AvgIpc) is 2.94. The Morgan fingerprint density at radius 1 is 0.897 bits per heavy atom. The lowest BCUT2D eigenvalue weighted by atomic mass is 9.74. The number of allylic oxidation sites excluding steroid dienone is 2. The summed E-state index contributed by atoms with van der Waals surface area (Å²) in [5.41, 5.74) is 2.63. The van der Waals surface area contributed by atoms with Crippen LogP contribution in [0.2, 0.25) is 0 Å². The van der Waals surface area contributed by atoms with Gasteiger partial charge < -0.3 is 0 Å². The molecule has 0 amide bonds. The minimum Gasteiger partial charge on any atom is -0.206 e. The van der Waals surface area contributed by atoms with Crippen molar-refractivity contribution in [2.24, 2.45) is 0 Å². The quantitative estimate of drug-likeness (QED) is 0.420. The second-order valence-corrected chi connectivity index (χ2v) is 7.54. The van der Waals surface area contributed by atoms with Crippen LogP contribution in [0.25, 0.3) is 16.8 Å². The summed E-state index contributed by atoms with van der Waals surface area (Å²) in [7, 11) is 1.90. The lowest BCUT2D eigenvalue weighted by Gasteiger charge is -2.22. The Bertz CT molecular complexity index is 1170. The van der Waals surface area contributed by atoms with Crippen molar-refractivity contribution in [1.82, 2.24) is 0 Å². The van der Waals surface area contributed by atoms with Crippen LogP contribution in [0.5, 0.6) is 0 Å². The van der Waals surface area contributed by atoms with Gasteiger partial charge in [-0.25, -0.2) is 4.39 Å². The van der Waals surface area contributed by atoms with Crippen molar-refractivity contribution in [1.29, 1.82) is 0 Å². The molecule has 1 aliphatic rings. The Morgan fingerprint density at radius 3 is 2.31 bits per heavy atom. The normalized spacial score (nSPS) is 18.5. The summed E-state index contributed by atoms with van der Waals surface area (Å²) >= 11 is 0. The van der Waals surface area contributed by atoms with Crippen LogP contribution < -0.4 is 0 Å². The molecule has 1 nitrogen and oxygen atoms in total. The fourth-order valence-electron chi connectivity index (χ4n) is 4.34. The predicted molar refractivity (Wildman–Crippen MR) is 113 cm³/mol. The van der Waals surface area contributed by atoms with Crippen LogP contribution in [-0.2, 0) is 5.41 Å².